The Hall–Kier alpha value is 0. The van der Waals surface area contributed by atoms with Crippen molar-refractivity contribution in [3.8, 4) is 0 Å². The van der Waals surface area contributed by atoms with Gasteiger partial charge in [-0.05, 0) is 23.7 Å². The molecule has 14 heavy (non-hydrogen) atoms. The normalized spacial score (nSPS) is 16.7. The topological polar surface area (TPSA) is 0 Å². The van der Waals surface area contributed by atoms with Crippen molar-refractivity contribution < 1.29 is 0 Å². The smallest absolute Gasteiger partial charge is 0.0380 e. The molecule has 2 atom stereocenters. The minimum absolute atomic E-state index is 0.510. The van der Waals surface area contributed by atoms with E-state index in [1.165, 1.54) is 32.1 Å². The van der Waals surface area contributed by atoms with Crippen LogP contribution < -0.4 is 0 Å². The number of hydrogen-bond acceptors (Lipinski definition) is 0. The molecule has 0 bridgehead atoms. The first kappa shape index (κ1) is 14.0. The highest BCUT2D eigenvalue weighted by molar-refractivity contribution is 4.69. The van der Waals surface area contributed by atoms with Crippen molar-refractivity contribution in [2.75, 3.05) is 0 Å². The Balaban J connectivity index is 3.80. The summed E-state index contributed by atoms with van der Waals surface area (Å²) < 4.78 is 0. The van der Waals surface area contributed by atoms with Crippen LogP contribution in [0.1, 0.15) is 73.6 Å². The zero-order chi connectivity index (χ0) is 11.2. The lowest BCUT2D eigenvalue weighted by Gasteiger charge is -2.26. The summed E-state index contributed by atoms with van der Waals surface area (Å²) in [5.74, 6) is 1.87. The summed E-state index contributed by atoms with van der Waals surface area (Å²) in [5, 5.41) is 0. The van der Waals surface area contributed by atoms with Crippen LogP contribution in [0.5, 0.6) is 0 Å². The molecule has 0 heteroatoms. The van der Waals surface area contributed by atoms with Crippen LogP contribution in [0.25, 0.3) is 0 Å². The molecule has 0 heterocycles. The highest BCUT2D eigenvalue weighted by Gasteiger charge is 2.17. The molecule has 0 saturated heterocycles. The molecule has 0 aromatic rings. The Morgan fingerprint density at radius 2 is 1.50 bits per heavy atom. The van der Waals surface area contributed by atoms with E-state index in [2.05, 4.69) is 41.5 Å². The Labute approximate surface area is 91.5 Å². The van der Waals surface area contributed by atoms with E-state index in [9.17, 15) is 0 Å². The van der Waals surface area contributed by atoms with E-state index in [1.807, 2.05) is 0 Å². The van der Waals surface area contributed by atoms with Crippen LogP contribution >= 0.6 is 0 Å². The van der Waals surface area contributed by atoms with E-state index in [1.54, 1.807) is 0 Å². The highest BCUT2D eigenvalue weighted by atomic mass is 14.2. The summed E-state index contributed by atoms with van der Waals surface area (Å²) in [6.45, 7) is 14.1. The van der Waals surface area contributed by atoms with E-state index >= 15 is 0 Å². The van der Waals surface area contributed by atoms with Crippen molar-refractivity contribution in [1.29, 1.82) is 0 Å². The van der Waals surface area contributed by atoms with E-state index in [0.29, 0.717) is 5.41 Å². The lowest BCUT2D eigenvalue weighted by atomic mass is 9.80. The summed E-state index contributed by atoms with van der Waals surface area (Å²) in [7, 11) is 0. The third-order valence-electron chi connectivity index (χ3n) is 3.24. The van der Waals surface area contributed by atoms with Crippen molar-refractivity contribution in [3.63, 3.8) is 0 Å². The average molecular weight is 198 g/mol. The van der Waals surface area contributed by atoms with Gasteiger partial charge in [0.25, 0.3) is 0 Å². The molecule has 0 radical (unpaired) electrons. The molecule has 86 valence electrons. The fourth-order valence-corrected chi connectivity index (χ4v) is 2.04. The second-order valence-corrected chi connectivity index (χ2v) is 6.13. The molecule has 0 amide bonds. The Morgan fingerprint density at radius 3 is 1.86 bits per heavy atom. The summed E-state index contributed by atoms with van der Waals surface area (Å²) >= 11 is 0. The Kier molecular flexibility index (Phi) is 6.48. The summed E-state index contributed by atoms with van der Waals surface area (Å²) in [6.07, 6.45) is 6.94. The molecule has 0 fully saturated rings. The molecule has 0 saturated carbocycles. The second kappa shape index (κ2) is 6.48. The van der Waals surface area contributed by atoms with Gasteiger partial charge < -0.3 is 0 Å². The monoisotopic (exact) mass is 198 g/mol. The molecule has 0 nitrogen and oxygen atoms in total. The van der Waals surface area contributed by atoms with Crippen molar-refractivity contribution >= 4 is 0 Å². The maximum Gasteiger partial charge on any atom is -0.0380 e. The van der Waals surface area contributed by atoms with Gasteiger partial charge in [-0.1, -0.05) is 67.2 Å². The molecule has 0 aliphatic carbocycles. The van der Waals surface area contributed by atoms with Gasteiger partial charge in [0.05, 0.1) is 0 Å². The molecular weight excluding hydrogens is 168 g/mol. The average Bonchev–Trinajstić information content (AvgIpc) is 2.09. The van der Waals surface area contributed by atoms with Gasteiger partial charge in [0.15, 0.2) is 0 Å². The van der Waals surface area contributed by atoms with Crippen LogP contribution in [0.3, 0.4) is 0 Å². The predicted molar refractivity (Wildman–Crippen MR) is 66.5 cm³/mol. The predicted octanol–water partition coefficient (Wildman–Crippen LogP) is 5.28. The van der Waals surface area contributed by atoms with Crippen LogP contribution in [0.4, 0.5) is 0 Å². The molecule has 0 aliphatic rings. The molecule has 0 aromatic heterocycles. The van der Waals surface area contributed by atoms with Crippen molar-refractivity contribution in [3.05, 3.63) is 0 Å². The molecule has 0 aromatic carbocycles. The van der Waals surface area contributed by atoms with Gasteiger partial charge >= 0.3 is 0 Å². The van der Waals surface area contributed by atoms with Crippen LogP contribution in [0.15, 0.2) is 0 Å². The molecule has 2 unspecified atom stereocenters. The summed E-state index contributed by atoms with van der Waals surface area (Å²) in [6, 6.07) is 0. The minimum Gasteiger partial charge on any atom is -0.0651 e. The largest absolute Gasteiger partial charge is 0.0651 e. The van der Waals surface area contributed by atoms with Gasteiger partial charge in [-0.15, -0.1) is 0 Å². The summed E-state index contributed by atoms with van der Waals surface area (Å²) in [5.41, 5.74) is 0.510. The first-order valence-corrected chi connectivity index (χ1v) is 6.39. The number of hydrogen-bond donors (Lipinski definition) is 0. The molecule has 0 N–H and O–H groups in total. The van der Waals surface area contributed by atoms with Crippen LogP contribution in [-0.4, -0.2) is 0 Å². The summed E-state index contributed by atoms with van der Waals surface area (Å²) in [4.78, 5) is 0. The standard InChI is InChI=1S/C14H30/c1-7-12(3)9-10-13(8-2)11-14(4,5)6/h12-13H,7-11H2,1-6H3. The lowest BCUT2D eigenvalue weighted by Crippen LogP contribution is -2.13. The molecule has 0 spiro atoms. The zero-order valence-corrected chi connectivity index (χ0v) is 11.2. The maximum absolute atomic E-state index is 2.38. The molecule has 0 rings (SSSR count). The van der Waals surface area contributed by atoms with E-state index in [4.69, 9.17) is 0 Å². The van der Waals surface area contributed by atoms with Gasteiger partial charge in [0.2, 0.25) is 0 Å². The fourth-order valence-electron chi connectivity index (χ4n) is 2.04. The third kappa shape index (κ3) is 7.41. The molecule has 0 aliphatic heterocycles. The van der Waals surface area contributed by atoms with Crippen molar-refractivity contribution in [2.24, 2.45) is 17.3 Å². The van der Waals surface area contributed by atoms with E-state index in [-0.39, 0.29) is 0 Å². The lowest BCUT2D eigenvalue weighted by molar-refractivity contribution is 0.262. The van der Waals surface area contributed by atoms with Crippen LogP contribution in [0.2, 0.25) is 0 Å². The first-order valence-electron chi connectivity index (χ1n) is 6.39. The van der Waals surface area contributed by atoms with Crippen molar-refractivity contribution in [1.82, 2.24) is 0 Å². The quantitative estimate of drug-likeness (QED) is 0.545. The fraction of sp³-hybridized carbons (Fsp3) is 1.00. The maximum atomic E-state index is 2.38. The minimum atomic E-state index is 0.510. The first-order chi connectivity index (χ1) is 6.39. The van der Waals surface area contributed by atoms with Crippen molar-refractivity contribution in [2.45, 2.75) is 73.6 Å². The van der Waals surface area contributed by atoms with E-state index in [0.717, 1.165) is 11.8 Å². The Bertz CT molecular complexity index is 129. The van der Waals surface area contributed by atoms with Gasteiger partial charge in [0.1, 0.15) is 0 Å². The van der Waals surface area contributed by atoms with Crippen LogP contribution in [0, 0.1) is 17.3 Å². The highest BCUT2D eigenvalue weighted by Crippen LogP contribution is 2.30. The number of rotatable bonds is 6. The second-order valence-electron chi connectivity index (χ2n) is 6.13. The van der Waals surface area contributed by atoms with Gasteiger partial charge in [-0.2, -0.15) is 0 Å². The molecular formula is C14H30. The third-order valence-corrected chi connectivity index (χ3v) is 3.24. The van der Waals surface area contributed by atoms with Crippen LogP contribution in [-0.2, 0) is 0 Å². The Morgan fingerprint density at radius 1 is 0.929 bits per heavy atom. The van der Waals surface area contributed by atoms with Gasteiger partial charge in [-0.25, -0.2) is 0 Å². The van der Waals surface area contributed by atoms with Gasteiger partial charge in [0, 0.05) is 0 Å². The SMILES string of the molecule is CCC(C)CCC(CC)CC(C)(C)C. The van der Waals surface area contributed by atoms with Gasteiger partial charge in [-0.3, -0.25) is 0 Å². The zero-order valence-electron chi connectivity index (χ0n) is 11.2. The van der Waals surface area contributed by atoms with E-state index < -0.39 is 0 Å².